The lowest BCUT2D eigenvalue weighted by Gasteiger charge is -2.11. The molecule has 0 bridgehead atoms. The van der Waals surface area contributed by atoms with Gasteiger partial charge in [-0.05, 0) is 86.6 Å². The topological polar surface area (TPSA) is 98.8 Å². The summed E-state index contributed by atoms with van der Waals surface area (Å²) in [5, 5.41) is 13.0. The number of hydrazone groups is 1. The van der Waals surface area contributed by atoms with Gasteiger partial charge in [-0.1, -0.05) is 65.3 Å². The molecule has 0 aliphatic carbocycles. The van der Waals surface area contributed by atoms with Gasteiger partial charge in [-0.3, -0.25) is 4.79 Å². The monoisotopic (exact) mass is 794 g/mol. The van der Waals surface area contributed by atoms with Crippen molar-refractivity contribution in [2.75, 3.05) is 5.75 Å². The summed E-state index contributed by atoms with van der Waals surface area (Å²) in [7, 11) is 0. The zero-order valence-corrected chi connectivity index (χ0v) is 26.0. The summed E-state index contributed by atoms with van der Waals surface area (Å²) in [4.78, 5) is 12.2. The lowest BCUT2D eigenvalue weighted by atomic mass is 10.2. The fraction of sp³-hybridized carbons (Fsp3) is 0.120. The predicted molar refractivity (Wildman–Crippen MR) is 164 cm³/mol. The lowest BCUT2D eigenvalue weighted by Crippen LogP contribution is -2.19. The molecule has 4 rings (SSSR count). The van der Waals surface area contributed by atoms with Gasteiger partial charge in [0.15, 0.2) is 6.61 Å². The maximum atomic E-state index is 12.2. The number of hydrogen-bond acceptors (Lipinski definition) is 8. The molecule has 0 radical (unpaired) electrons. The number of benzene rings is 3. The standard InChI is InChI=1S/C25H18Cl2I2N4O4S/c26-17-6-7-21(18(27)10-17)35-13-23-32-33-25(37-23)38-14-22(34)31-30-11-16-8-19(28)24(20(29)9-16)36-12-15-4-2-1-3-5-15/h1-11H,12-14H2,(H,31,34)/b30-11-. The second-order valence-corrected chi connectivity index (χ2v) is 11.6. The normalized spacial score (nSPS) is 11.1. The van der Waals surface area contributed by atoms with E-state index in [1.165, 1.54) is 0 Å². The second kappa shape index (κ2) is 14.4. The third kappa shape index (κ3) is 8.73. The van der Waals surface area contributed by atoms with Crippen molar-refractivity contribution in [3.05, 3.63) is 94.9 Å². The Kier molecular flexibility index (Phi) is 10.9. The van der Waals surface area contributed by atoms with Gasteiger partial charge in [0.05, 0.1) is 24.1 Å². The molecule has 1 heterocycles. The first kappa shape index (κ1) is 28.9. The number of nitrogens with zero attached hydrogens (tertiary/aromatic N) is 3. The van der Waals surface area contributed by atoms with Gasteiger partial charge in [0.2, 0.25) is 0 Å². The van der Waals surface area contributed by atoms with E-state index in [9.17, 15) is 4.79 Å². The highest BCUT2D eigenvalue weighted by atomic mass is 127. The van der Waals surface area contributed by atoms with Crippen LogP contribution < -0.4 is 14.9 Å². The van der Waals surface area contributed by atoms with Crippen molar-refractivity contribution in [2.45, 2.75) is 18.4 Å². The van der Waals surface area contributed by atoms with Crippen molar-refractivity contribution in [2.24, 2.45) is 5.10 Å². The van der Waals surface area contributed by atoms with Crippen molar-refractivity contribution in [1.29, 1.82) is 0 Å². The Hall–Kier alpha value is -2.07. The largest absolute Gasteiger partial charge is 0.487 e. The van der Waals surface area contributed by atoms with Crippen LogP contribution in [0.4, 0.5) is 0 Å². The van der Waals surface area contributed by atoms with Gasteiger partial charge in [0.1, 0.15) is 18.1 Å². The molecule has 196 valence electrons. The van der Waals surface area contributed by atoms with E-state index in [1.807, 2.05) is 42.5 Å². The second-order valence-electron chi connectivity index (χ2n) is 7.49. The minimum Gasteiger partial charge on any atom is -0.487 e. The summed E-state index contributed by atoms with van der Waals surface area (Å²) in [6, 6.07) is 18.7. The summed E-state index contributed by atoms with van der Waals surface area (Å²) in [6.45, 7) is 0.512. The van der Waals surface area contributed by atoms with E-state index in [0.29, 0.717) is 22.4 Å². The number of carbonyl (C=O) groups excluding carboxylic acids is 1. The average Bonchev–Trinajstić information content (AvgIpc) is 3.35. The lowest BCUT2D eigenvalue weighted by molar-refractivity contribution is -0.118. The minimum atomic E-state index is -0.317. The van der Waals surface area contributed by atoms with E-state index in [4.69, 9.17) is 37.1 Å². The number of aromatic nitrogens is 2. The van der Waals surface area contributed by atoms with E-state index >= 15 is 0 Å². The quantitative estimate of drug-likeness (QED) is 0.0757. The van der Waals surface area contributed by atoms with Crippen LogP contribution in [0.1, 0.15) is 17.0 Å². The van der Waals surface area contributed by atoms with Crippen LogP contribution in [0, 0.1) is 7.14 Å². The van der Waals surface area contributed by atoms with Crippen LogP contribution in [0.5, 0.6) is 11.5 Å². The van der Waals surface area contributed by atoms with Gasteiger partial charge >= 0.3 is 0 Å². The highest BCUT2D eigenvalue weighted by Crippen LogP contribution is 2.30. The molecule has 0 atom stereocenters. The van der Waals surface area contributed by atoms with Crippen molar-refractivity contribution in [3.63, 3.8) is 0 Å². The third-order valence-corrected chi connectivity index (χ3v) is 7.62. The molecule has 1 N–H and O–H groups in total. The predicted octanol–water partition coefficient (Wildman–Crippen LogP) is 6.99. The molecule has 0 spiro atoms. The Balaban J connectivity index is 1.22. The molecule has 4 aromatic rings. The number of amides is 1. The molecule has 38 heavy (non-hydrogen) atoms. The fourth-order valence-electron chi connectivity index (χ4n) is 2.95. The molecule has 0 saturated carbocycles. The van der Waals surface area contributed by atoms with Crippen molar-refractivity contribution in [3.8, 4) is 11.5 Å². The first-order valence-electron chi connectivity index (χ1n) is 10.9. The zero-order chi connectivity index (χ0) is 26.9. The number of nitrogens with one attached hydrogen (secondary N) is 1. The average molecular weight is 795 g/mol. The Labute approximate surface area is 260 Å². The van der Waals surface area contributed by atoms with Crippen molar-refractivity contribution in [1.82, 2.24) is 15.6 Å². The number of hydrogen-bond donors (Lipinski definition) is 1. The fourth-order valence-corrected chi connectivity index (χ4v) is 6.11. The zero-order valence-electron chi connectivity index (χ0n) is 19.4. The number of carbonyl (C=O) groups is 1. The molecule has 1 aromatic heterocycles. The molecule has 8 nitrogen and oxygen atoms in total. The summed E-state index contributed by atoms with van der Waals surface area (Å²) in [6.07, 6.45) is 1.58. The molecule has 13 heteroatoms. The maximum absolute atomic E-state index is 12.2. The first-order valence-corrected chi connectivity index (χ1v) is 14.8. The van der Waals surface area contributed by atoms with Gasteiger partial charge in [0, 0.05) is 5.02 Å². The van der Waals surface area contributed by atoms with Crippen LogP contribution in [0.25, 0.3) is 0 Å². The van der Waals surface area contributed by atoms with Gasteiger partial charge in [-0.15, -0.1) is 10.2 Å². The molecular weight excluding hydrogens is 777 g/mol. The van der Waals surface area contributed by atoms with Gasteiger partial charge in [-0.2, -0.15) is 5.10 Å². The van der Waals surface area contributed by atoms with Crippen LogP contribution >= 0.6 is 80.1 Å². The van der Waals surface area contributed by atoms with Gasteiger partial charge in [-0.25, -0.2) is 5.43 Å². The highest BCUT2D eigenvalue weighted by molar-refractivity contribution is 14.1. The van der Waals surface area contributed by atoms with E-state index < -0.39 is 0 Å². The minimum absolute atomic E-state index is 0.0269. The Morgan fingerprint density at radius 2 is 1.79 bits per heavy atom. The van der Waals surface area contributed by atoms with E-state index in [1.54, 1.807) is 24.4 Å². The Bertz CT molecular complexity index is 1420. The SMILES string of the molecule is O=C(CSc1nnc(COc2ccc(Cl)cc2Cl)o1)N/N=C\c1cc(I)c(OCc2ccccc2)c(I)c1. The Morgan fingerprint density at radius 1 is 1.03 bits per heavy atom. The molecule has 3 aromatic carbocycles. The molecular formula is C25H18Cl2I2N4O4S. The van der Waals surface area contributed by atoms with Gasteiger partial charge in [0.25, 0.3) is 17.0 Å². The summed E-state index contributed by atoms with van der Waals surface area (Å²) in [5.41, 5.74) is 4.43. The maximum Gasteiger partial charge on any atom is 0.277 e. The van der Waals surface area contributed by atoms with Gasteiger partial charge < -0.3 is 13.9 Å². The number of rotatable bonds is 11. The molecule has 0 saturated heterocycles. The van der Waals surface area contributed by atoms with Crippen molar-refractivity contribution >= 4 is 92.3 Å². The highest BCUT2D eigenvalue weighted by Gasteiger charge is 2.12. The summed E-state index contributed by atoms with van der Waals surface area (Å²) in [5.74, 6) is 1.23. The molecule has 0 aliphatic heterocycles. The van der Waals surface area contributed by atoms with Crippen LogP contribution in [0.3, 0.4) is 0 Å². The first-order chi connectivity index (χ1) is 18.4. The van der Waals surface area contributed by atoms with Crippen LogP contribution in [0.2, 0.25) is 10.0 Å². The molecule has 0 fully saturated rings. The molecule has 0 aliphatic rings. The third-order valence-electron chi connectivity index (χ3n) is 4.67. The summed E-state index contributed by atoms with van der Waals surface area (Å²) < 4.78 is 19.0. The number of thioether (sulfide) groups is 1. The smallest absolute Gasteiger partial charge is 0.277 e. The van der Waals surface area contributed by atoms with E-state index in [2.05, 4.69) is 65.9 Å². The van der Waals surface area contributed by atoms with E-state index in [0.717, 1.165) is 35.8 Å². The number of ether oxygens (including phenoxy) is 2. The molecule has 0 unspecified atom stereocenters. The van der Waals surface area contributed by atoms with Crippen molar-refractivity contribution < 1.29 is 18.7 Å². The van der Waals surface area contributed by atoms with Crippen LogP contribution in [0.15, 0.2) is 75.4 Å². The Morgan fingerprint density at radius 3 is 2.53 bits per heavy atom. The number of halogens is 4. The van der Waals surface area contributed by atoms with E-state index in [-0.39, 0.29) is 29.4 Å². The summed E-state index contributed by atoms with van der Waals surface area (Å²) >= 11 is 17.5. The van der Waals surface area contributed by atoms with Crippen LogP contribution in [-0.4, -0.2) is 28.1 Å². The molecule has 1 amide bonds. The van der Waals surface area contributed by atoms with Crippen LogP contribution in [-0.2, 0) is 18.0 Å².